The van der Waals surface area contributed by atoms with Gasteiger partial charge in [0.25, 0.3) is 0 Å². The first kappa shape index (κ1) is 13.3. The molecule has 6 heteroatoms. The van der Waals surface area contributed by atoms with Crippen LogP contribution in [0.1, 0.15) is 19.8 Å². The summed E-state index contributed by atoms with van der Waals surface area (Å²) in [6.45, 7) is 3.38. The quantitative estimate of drug-likeness (QED) is 0.642. The topological polar surface area (TPSA) is 75.4 Å². The molecule has 0 saturated carbocycles. The predicted octanol–water partition coefficient (Wildman–Crippen LogP) is 1.39. The standard InChI is InChI=1S/C12H19N3O2S/c1-10-6-8-15(9-7-10)18(16,17)12-4-2-11(14-13)3-5-12/h2-5,10,14H,6-9,13H2,1H3. The van der Waals surface area contributed by atoms with Gasteiger partial charge in [-0.15, -0.1) is 0 Å². The van der Waals surface area contributed by atoms with E-state index in [0.29, 0.717) is 29.6 Å². The molecular formula is C12H19N3O2S. The Kier molecular flexibility index (Phi) is 3.89. The zero-order valence-corrected chi connectivity index (χ0v) is 11.3. The molecule has 1 saturated heterocycles. The molecule has 0 radical (unpaired) electrons. The monoisotopic (exact) mass is 269 g/mol. The molecule has 0 spiro atoms. The summed E-state index contributed by atoms with van der Waals surface area (Å²) in [5.74, 6) is 5.87. The molecule has 0 unspecified atom stereocenters. The van der Waals surface area contributed by atoms with Crippen LogP contribution < -0.4 is 11.3 Å². The minimum Gasteiger partial charge on any atom is -0.324 e. The molecule has 2 rings (SSSR count). The Bertz CT molecular complexity index is 491. The SMILES string of the molecule is CC1CCN(S(=O)(=O)c2ccc(NN)cc2)CC1. The van der Waals surface area contributed by atoms with Crippen LogP contribution in [-0.4, -0.2) is 25.8 Å². The van der Waals surface area contributed by atoms with E-state index in [1.807, 2.05) is 0 Å². The summed E-state index contributed by atoms with van der Waals surface area (Å²) in [5.41, 5.74) is 3.18. The zero-order valence-electron chi connectivity index (χ0n) is 10.5. The first-order valence-corrected chi connectivity index (χ1v) is 7.55. The van der Waals surface area contributed by atoms with Crippen molar-refractivity contribution >= 4 is 15.7 Å². The highest BCUT2D eigenvalue weighted by molar-refractivity contribution is 7.89. The zero-order chi connectivity index (χ0) is 13.2. The van der Waals surface area contributed by atoms with Crippen LogP contribution in [0.5, 0.6) is 0 Å². The summed E-state index contributed by atoms with van der Waals surface area (Å²) in [5, 5.41) is 0. The van der Waals surface area contributed by atoms with E-state index < -0.39 is 10.0 Å². The van der Waals surface area contributed by atoms with E-state index in [9.17, 15) is 8.42 Å². The third kappa shape index (κ3) is 2.66. The predicted molar refractivity (Wildman–Crippen MR) is 71.4 cm³/mol. The number of nitrogens with one attached hydrogen (secondary N) is 1. The lowest BCUT2D eigenvalue weighted by Crippen LogP contribution is -2.37. The number of nitrogens with zero attached hydrogens (tertiary/aromatic N) is 1. The summed E-state index contributed by atoms with van der Waals surface area (Å²) in [6, 6.07) is 6.50. The maximum Gasteiger partial charge on any atom is 0.243 e. The summed E-state index contributed by atoms with van der Waals surface area (Å²) >= 11 is 0. The first-order valence-electron chi connectivity index (χ1n) is 6.11. The summed E-state index contributed by atoms with van der Waals surface area (Å²) < 4.78 is 26.3. The Morgan fingerprint density at radius 1 is 1.22 bits per heavy atom. The van der Waals surface area contributed by atoms with Gasteiger partial charge in [0.15, 0.2) is 0 Å². The first-order chi connectivity index (χ1) is 8.54. The van der Waals surface area contributed by atoms with Gasteiger partial charge in [-0.2, -0.15) is 4.31 Å². The van der Waals surface area contributed by atoms with E-state index in [1.54, 1.807) is 28.6 Å². The molecule has 18 heavy (non-hydrogen) atoms. The average molecular weight is 269 g/mol. The highest BCUT2D eigenvalue weighted by atomic mass is 32.2. The van der Waals surface area contributed by atoms with Gasteiger partial charge in [0.1, 0.15) is 0 Å². The van der Waals surface area contributed by atoms with Crippen molar-refractivity contribution in [3.63, 3.8) is 0 Å². The average Bonchev–Trinajstić information content (AvgIpc) is 2.39. The largest absolute Gasteiger partial charge is 0.324 e. The molecule has 1 aromatic carbocycles. The van der Waals surface area contributed by atoms with E-state index in [0.717, 1.165) is 12.8 Å². The molecule has 3 N–H and O–H groups in total. The Balaban J connectivity index is 2.19. The number of benzene rings is 1. The lowest BCUT2D eigenvalue weighted by atomic mass is 10.0. The second kappa shape index (κ2) is 5.26. The van der Waals surface area contributed by atoms with Crippen LogP contribution >= 0.6 is 0 Å². The number of hydrogen-bond acceptors (Lipinski definition) is 4. The minimum atomic E-state index is -3.35. The van der Waals surface area contributed by atoms with Crippen molar-refractivity contribution in [1.29, 1.82) is 0 Å². The molecule has 0 aliphatic carbocycles. The van der Waals surface area contributed by atoms with Gasteiger partial charge in [0.2, 0.25) is 10.0 Å². The maximum atomic E-state index is 12.4. The van der Waals surface area contributed by atoms with Crippen LogP contribution in [0.15, 0.2) is 29.2 Å². The van der Waals surface area contributed by atoms with E-state index in [-0.39, 0.29) is 0 Å². The van der Waals surface area contributed by atoms with Crippen molar-refractivity contribution in [3.05, 3.63) is 24.3 Å². The minimum absolute atomic E-state index is 0.330. The molecule has 1 aromatic rings. The highest BCUT2D eigenvalue weighted by Crippen LogP contribution is 2.24. The van der Waals surface area contributed by atoms with Crippen molar-refractivity contribution in [2.75, 3.05) is 18.5 Å². The van der Waals surface area contributed by atoms with Crippen molar-refractivity contribution in [2.45, 2.75) is 24.7 Å². The van der Waals surface area contributed by atoms with Crippen molar-refractivity contribution in [1.82, 2.24) is 4.31 Å². The Labute approximate surface area is 108 Å². The highest BCUT2D eigenvalue weighted by Gasteiger charge is 2.27. The number of rotatable bonds is 3. The second-order valence-electron chi connectivity index (χ2n) is 4.76. The smallest absolute Gasteiger partial charge is 0.243 e. The number of sulfonamides is 1. The number of piperidine rings is 1. The molecule has 0 atom stereocenters. The van der Waals surface area contributed by atoms with Gasteiger partial charge >= 0.3 is 0 Å². The fraction of sp³-hybridized carbons (Fsp3) is 0.500. The molecule has 1 aliphatic rings. The van der Waals surface area contributed by atoms with E-state index in [1.165, 1.54) is 0 Å². The van der Waals surface area contributed by atoms with Crippen LogP contribution in [-0.2, 0) is 10.0 Å². The molecule has 0 bridgehead atoms. The van der Waals surface area contributed by atoms with Gasteiger partial charge < -0.3 is 5.43 Å². The third-order valence-electron chi connectivity index (χ3n) is 3.40. The van der Waals surface area contributed by atoms with Crippen LogP contribution in [0.4, 0.5) is 5.69 Å². The molecule has 0 amide bonds. The van der Waals surface area contributed by atoms with Crippen molar-refractivity contribution < 1.29 is 8.42 Å². The molecule has 5 nitrogen and oxygen atoms in total. The van der Waals surface area contributed by atoms with Gasteiger partial charge in [-0.25, -0.2) is 8.42 Å². The van der Waals surface area contributed by atoms with Gasteiger partial charge in [-0.1, -0.05) is 6.92 Å². The van der Waals surface area contributed by atoms with E-state index >= 15 is 0 Å². The third-order valence-corrected chi connectivity index (χ3v) is 5.31. The fourth-order valence-corrected chi connectivity index (χ4v) is 3.57. The number of anilines is 1. The number of hydrazine groups is 1. The van der Waals surface area contributed by atoms with Crippen LogP contribution in [0, 0.1) is 5.92 Å². The number of hydrogen-bond donors (Lipinski definition) is 2. The normalized spacial score (nSPS) is 18.8. The molecular weight excluding hydrogens is 250 g/mol. The molecule has 1 heterocycles. The molecule has 1 fully saturated rings. The molecule has 1 aliphatic heterocycles. The molecule has 0 aromatic heterocycles. The van der Waals surface area contributed by atoms with Crippen LogP contribution in [0.3, 0.4) is 0 Å². The van der Waals surface area contributed by atoms with Crippen LogP contribution in [0.2, 0.25) is 0 Å². The fourth-order valence-electron chi connectivity index (χ4n) is 2.10. The van der Waals surface area contributed by atoms with Crippen molar-refractivity contribution in [3.8, 4) is 0 Å². The summed E-state index contributed by atoms with van der Waals surface area (Å²) in [6.07, 6.45) is 1.86. The van der Waals surface area contributed by atoms with Crippen molar-refractivity contribution in [2.24, 2.45) is 11.8 Å². The summed E-state index contributed by atoms with van der Waals surface area (Å²) in [7, 11) is -3.35. The number of nitrogens with two attached hydrogens (primary N) is 1. The lowest BCUT2D eigenvalue weighted by molar-refractivity contribution is 0.288. The van der Waals surface area contributed by atoms with Gasteiger partial charge in [0, 0.05) is 18.8 Å². The summed E-state index contributed by atoms with van der Waals surface area (Å²) in [4.78, 5) is 0.330. The molecule has 100 valence electrons. The lowest BCUT2D eigenvalue weighted by Gasteiger charge is -2.29. The number of nitrogen functional groups attached to an aromatic ring is 1. The van der Waals surface area contributed by atoms with Gasteiger partial charge in [0.05, 0.1) is 4.90 Å². The Hall–Kier alpha value is -1.11. The van der Waals surface area contributed by atoms with E-state index in [4.69, 9.17) is 5.84 Å². The Morgan fingerprint density at radius 3 is 2.28 bits per heavy atom. The second-order valence-corrected chi connectivity index (χ2v) is 6.69. The van der Waals surface area contributed by atoms with Gasteiger partial charge in [-0.3, -0.25) is 5.84 Å². The maximum absolute atomic E-state index is 12.4. The van der Waals surface area contributed by atoms with Gasteiger partial charge in [-0.05, 0) is 43.0 Å². The van der Waals surface area contributed by atoms with E-state index in [2.05, 4.69) is 12.3 Å². The van der Waals surface area contributed by atoms with Crippen LogP contribution in [0.25, 0.3) is 0 Å². The Morgan fingerprint density at radius 2 is 1.78 bits per heavy atom.